The Hall–Kier alpha value is -3.73. The van der Waals surface area contributed by atoms with Crippen LogP contribution in [-0.4, -0.2) is 24.1 Å². The zero-order valence-corrected chi connectivity index (χ0v) is 17.5. The molecule has 0 spiro atoms. The lowest BCUT2D eigenvalue weighted by Gasteiger charge is -2.25. The minimum absolute atomic E-state index is 0.103. The van der Waals surface area contributed by atoms with E-state index >= 15 is 0 Å². The van der Waals surface area contributed by atoms with Gasteiger partial charge in [-0.3, -0.25) is 9.59 Å². The summed E-state index contributed by atoms with van der Waals surface area (Å²) < 4.78 is 4.66. The third-order valence-corrected chi connectivity index (χ3v) is 4.81. The second-order valence-corrected chi connectivity index (χ2v) is 7.12. The summed E-state index contributed by atoms with van der Waals surface area (Å²) in [6, 6.07) is 27.5. The topological polar surface area (TPSA) is 63.7 Å². The molecule has 5 nitrogen and oxygen atoms in total. The van der Waals surface area contributed by atoms with Crippen molar-refractivity contribution in [3.8, 4) is 0 Å². The minimum Gasteiger partial charge on any atom is -0.460 e. The molecule has 3 aromatic rings. The van der Waals surface area contributed by atoms with Crippen molar-refractivity contribution >= 4 is 23.2 Å². The summed E-state index contributed by atoms with van der Waals surface area (Å²) in [5, 5.41) is 0. The largest absolute Gasteiger partial charge is 0.460 e. The number of anilines is 1. The Labute approximate surface area is 182 Å². The van der Waals surface area contributed by atoms with E-state index in [9.17, 15) is 14.4 Å². The van der Waals surface area contributed by atoms with Crippen LogP contribution in [0, 0.1) is 0 Å². The average Bonchev–Trinajstić information content (AvgIpc) is 2.80. The van der Waals surface area contributed by atoms with Gasteiger partial charge < -0.3 is 9.64 Å². The Morgan fingerprint density at radius 1 is 0.742 bits per heavy atom. The molecule has 0 radical (unpaired) electrons. The van der Waals surface area contributed by atoms with E-state index in [1.165, 1.54) is 11.1 Å². The number of benzene rings is 3. The third-order valence-electron chi connectivity index (χ3n) is 4.81. The van der Waals surface area contributed by atoms with E-state index in [4.69, 9.17) is 0 Å². The quantitative estimate of drug-likeness (QED) is 0.210. The molecule has 0 amide bonds. The molecule has 3 rings (SSSR count). The molecule has 0 saturated heterocycles. The maximum absolute atomic E-state index is 12.4. The number of esters is 1. The van der Waals surface area contributed by atoms with Crippen LogP contribution in [0.2, 0.25) is 0 Å². The molecule has 0 aromatic heterocycles. The fourth-order valence-electron chi connectivity index (χ4n) is 3.24. The van der Waals surface area contributed by atoms with Crippen LogP contribution >= 0.6 is 0 Å². The molecule has 31 heavy (non-hydrogen) atoms. The van der Waals surface area contributed by atoms with Gasteiger partial charge in [0.2, 0.25) is 5.78 Å². The molecular formula is C26H25NO4. The number of carbonyl (C=O) groups excluding carboxylic acids is 3. The summed E-state index contributed by atoms with van der Waals surface area (Å²) in [4.78, 5) is 37.9. The highest BCUT2D eigenvalue weighted by Gasteiger charge is 2.20. The van der Waals surface area contributed by atoms with E-state index in [-0.39, 0.29) is 6.61 Å². The van der Waals surface area contributed by atoms with E-state index in [1.807, 2.05) is 48.5 Å². The average molecular weight is 415 g/mol. The molecule has 0 aliphatic rings. The monoisotopic (exact) mass is 415 g/mol. The first-order valence-electron chi connectivity index (χ1n) is 10.2. The predicted octanol–water partition coefficient (Wildman–Crippen LogP) is 4.60. The van der Waals surface area contributed by atoms with Gasteiger partial charge in [0.15, 0.2) is 5.78 Å². The third kappa shape index (κ3) is 6.37. The second-order valence-electron chi connectivity index (χ2n) is 7.12. The van der Waals surface area contributed by atoms with Gasteiger partial charge in [0.25, 0.3) is 0 Å². The van der Waals surface area contributed by atoms with E-state index in [1.54, 1.807) is 19.1 Å². The minimum atomic E-state index is -0.968. The van der Waals surface area contributed by atoms with Gasteiger partial charge in [0.1, 0.15) is 0 Å². The first kappa shape index (κ1) is 22.0. The Kier molecular flexibility index (Phi) is 7.71. The highest BCUT2D eigenvalue weighted by atomic mass is 16.5. The van der Waals surface area contributed by atoms with Gasteiger partial charge in [-0.05, 0) is 42.3 Å². The Morgan fingerprint density at radius 3 is 1.74 bits per heavy atom. The second kappa shape index (κ2) is 10.9. The Bertz CT molecular complexity index is 973. The summed E-state index contributed by atoms with van der Waals surface area (Å²) in [6.45, 7) is 3.14. The van der Waals surface area contributed by atoms with Crippen molar-refractivity contribution in [3.05, 3.63) is 102 Å². The molecular weight excluding hydrogens is 390 g/mol. The summed E-state index contributed by atoms with van der Waals surface area (Å²) in [6.07, 6.45) is -0.490. The van der Waals surface area contributed by atoms with Crippen LogP contribution in [0.3, 0.4) is 0 Å². The van der Waals surface area contributed by atoms with Gasteiger partial charge in [0.05, 0.1) is 13.0 Å². The van der Waals surface area contributed by atoms with Crippen molar-refractivity contribution in [3.63, 3.8) is 0 Å². The van der Waals surface area contributed by atoms with Crippen molar-refractivity contribution in [1.29, 1.82) is 0 Å². The van der Waals surface area contributed by atoms with Gasteiger partial charge in [-0.2, -0.15) is 0 Å². The normalized spacial score (nSPS) is 10.4. The van der Waals surface area contributed by atoms with Crippen molar-refractivity contribution in [2.24, 2.45) is 0 Å². The summed E-state index contributed by atoms with van der Waals surface area (Å²) in [5.41, 5.74) is 3.71. The first-order chi connectivity index (χ1) is 15.1. The van der Waals surface area contributed by atoms with Crippen LogP contribution in [0.4, 0.5) is 5.69 Å². The maximum Gasteiger partial charge on any atom is 0.375 e. The van der Waals surface area contributed by atoms with Gasteiger partial charge in [-0.1, -0.05) is 60.7 Å². The van der Waals surface area contributed by atoms with Gasteiger partial charge in [-0.25, -0.2) is 4.79 Å². The summed E-state index contributed by atoms with van der Waals surface area (Å²) >= 11 is 0. The standard InChI is InChI=1S/C26H25NO4/c1-2-31-26(30)25(29)17-24(28)22-13-15-23(16-14-22)27(18-20-9-5-3-6-10-20)19-21-11-7-4-8-12-21/h3-16H,2,17-19H2,1H3. The molecule has 0 heterocycles. The van der Waals surface area contributed by atoms with Crippen molar-refractivity contribution in [2.75, 3.05) is 11.5 Å². The van der Waals surface area contributed by atoms with Crippen LogP contribution in [0.15, 0.2) is 84.9 Å². The van der Waals surface area contributed by atoms with Crippen LogP contribution < -0.4 is 4.90 Å². The van der Waals surface area contributed by atoms with Crippen LogP contribution in [0.25, 0.3) is 0 Å². The van der Waals surface area contributed by atoms with Gasteiger partial charge in [0, 0.05) is 24.3 Å². The molecule has 0 atom stereocenters. The molecule has 0 aliphatic carbocycles. The summed E-state index contributed by atoms with van der Waals surface area (Å²) in [7, 11) is 0. The van der Waals surface area contributed by atoms with E-state index in [0.717, 1.165) is 5.69 Å². The smallest absolute Gasteiger partial charge is 0.375 e. The maximum atomic E-state index is 12.4. The van der Waals surface area contributed by atoms with Crippen molar-refractivity contribution < 1.29 is 19.1 Å². The molecule has 0 aliphatic heterocycles. The zero-order chi connectivity index (χ0) is 22.1. The first-order valence-corrected chi connectivity index (χ1v) is 10.2. The predicted molar refractivity (Wildman–Crippen MR) is 120 cm³/mol. The van der Waals surface area contributed by atoms with Crippen molar-refractivity contribution in [1.82, 2.24) is 0 Å². The van der Waals surface area contributed by atoms with Gasteiger partial charge >= 0.3 is 5.97 Å². The molecule has 0 saturated carbocycles. The number of hydrogen-bond donors (Lipinski definition) is 0. The molecule has 0 bridgehead atoms. The highest BCUT2D eigenvalue weighted by Crippen LogP contribution is 2.21. The highest BCUT2D eigenvalue weighted by molar-refractivity contribution is 6.38. The van der Waals surface area contributed by atoms with E-state index < -0.39 is 24.0 Å². The number of ether oxygens (including phenoxy) is 1. The fourth-order valence-corrected chi connectivity index (χ4v) is 3.24. The number of rotatable bonds is 10. The van der Waals surface area contributed by atoms with Gasteiger partial charge in [-0.15, -0.1) is 0 Å². The molecule has 3 aromatic carbocycles. The summed E-state index contributed by atoms with van der Waals surface area (Å²) in [5.74, 6) is -2.20. The Morgan fingerprint density at radius 2 is 1.26 bits per heavy atom. The zero-order valence-electron chi connectivity index (χ0n) is 17.5. The molecule has 5 heteroatoms. The number of carbonyl (C=O) groups is 3. The fraction of sp³-hybridized carbons (Fsp3) is 0.192. The SMILES string of the molecule is CCOC(=O)C(=O)CC(=O)c1ccc(N(Cc2ccccc2)Cc2ccccc2)cc1. The lowest BCUT2D eigenvalue weighted by molar-refractivity contribution is -0.153. The number of Topliss-reactive ketones (excluding diaryl/α,β-unsaturated/α-hetero) is 2. The molecule has 0 N–H and O–H groups in total. The van der Waals surface area contributed by atoms with Crippen molar-refractivity contribution in [2.45, 2.75) is 26.4 Å². The molecule has 0 fully saturated rings. The number of ketones is 2. The van der Waals surface area contributed by atoms with Crippen LogP contribution in [-0.2, 0) is 27.4 Å². The molecule has 0 unspecified atom stereocenters. The number of nitrogens with zero attached hydrogens (tertiary/aromatic N) is 1. The lowest BCUT2D eigenvalue weighted by Crippen LogP contribution is -2.22. The van der Waals surface area contributed by atoms with E-state index in [2.05, 4.69) is 33.9 Å². The number of hydrogen-bond acceptors (Lipinski definition) is 5. The van der Waals surface area contributed by atoms with Crippen LogP contribution in [0.5, 0.6) is 0 Å². The molecule has 158 valence electrons. The van der Waals surface area contributed by atoms with Crippen LogP contribution in [0.1, 0.15) is 34.8 Å². The Balaban J connectivity index is 1.75. The lowest BCUT2D eigenvalue weighted by atomic mass is 10.0. The van der Waals surface area contributed by atoms with E-state index in [0.29, 0.717) is 18.7 Å².